The SMILES string of the molecule is O=C(c1cncc(Br)c1)N1CC(N(CC2CC2)C2CCOCC2)C1. The van der Waals surface area contributed by atoms with Crippen LogP contribution in [0.3, 0.4) is 0 Å². The maximum atomic E-state index is 12.6. The Bertz CT molecular complexity index is 596. The number of aromatic nitrogens is 1. The topological polar surface area (TPSA) is 45.7 Å². The summed E-state index contributed by atoms with van der Waals surface area (Å²) in [4.78, 5) is 21.3. The molecule has 0 aromatic carbocycles. The Morgan fingerprint density at radius 1 is 1.21 bits per heavy atom. The van der Waals surface area contributed by atoms with E-state index in [1.54, 1.807) is 12.4 Å². The van der Waals surface area contributed by atoms with Crippen LogP contribution in [-0.4, -0.2) is 65.6 Å². The van der Waals surface area contributed by atoms with Crippen LogP contribution in [0.25, 0.3) is 0 Å². The molecule has 0 N–H and O–H groups in total. The van der Waals surface area contributed by atoms with Gasteiger partial charge >= 0.3 is 0 Å². The van der Waals surface area contributed by atoms with Gasteiger partial charge in [0.25, 0.3) is 5.91 Å². The highest BCUT2D eigenvalue weighted by atomic mass is 79.9. The zero-order valence-corrected chi connectivity index (χ0v) is 15.5. The summed E-state index contributed by atoms with van der Waals surface area (Å²) in [5, 5.41) is 0. The highest BCUT2D eigenvalue weighted by Gasteiger charge is 2.40. The summed E-state index contributed by atoms with van der Waals surface area (Å²) < 4.78 is 6.38. The van der Waals surface area contributed by atoms with Crippen molar-refractivity contribution in [3.05, 3.63) is 28.5 Å². The molecule has 5 nitrogen and oxygen atoms in total. The molecule has 1 aromatic heterocycles. The molecule has 0 radical (unpaired) electrons. The molecule has 1 aliphatic carbocycles. The van der Waals surface area contributed by atoms with Crippen LogP contribution in [0.1, 0.15) is 36.0 Å². The van der Waals surface area contributed by atoms with Crippen molar-refractivity contribution in [2.24, 2.45) is 5.92 Å². The summed E-state index contributed by atoms with van der Waals surface area (Å²) in [5.74, 6) is 0.977. The third-order valence-electron chi connectivity index (χ3n) is 5.40. The van der Waals surface area contributed by atoms with E-state index < -0.39 is 0 Å². The first-order valence-electron chi connectivity index (χ1n) is 8.94. The van der Waals surface area contributed by atoms with Crippen LogP contribution in [0.15, 0.2) is 22.9 Å². The van der Waals surface area contributed by atoms with E-state index in [1.807, 2.05) is 11.0 Å². The normalized spacial score (nSPS) is 22.7. The fourth-order valence-corrected chi connectivity index (χ4v) is 4.12. The number of amides is 1. The van der Waals surface area contributed by atoms with Crippen molar-refractivity contribution in [1.29, 1.82) is 0 Å². The van der Waals surface area contributed by atoms with Crippen LogP contribution in [0, 0.1) is 5.92 Å². The molecule has 0 bridgehead atoms. The number of carbonyl (C=O) groups excluding carboxylic acids is 1. The molecule has 3 aliphatic rings. The number of hydrogen-bond donors (Lipinski definition) is 0. The fourth-order valence-electron chi connectivity index (χ4n) is 3.75. The summed E-state index contributed by atoms with van der Waals surface area (Å²) >= 11 is 3.39. The highest BCUT2D eigenvalue weighted by Crippen LogP contribution is 2.34. The van der Waals surface area contributed by atoms with E-state index in [0.717, 1.165) is 49.5 Å². The van der Waals surface area contributed by atoms with Gasteiger partial charge in [-0.25, -0.2) is 0 Å². The summed E-state index contributed by atoms with van der Waals surface area (Å²) in [7, 11) is 0. The summed E-state index contributed by atoms with van der Waals surface area (Å²) in [5.41, 5.74) is 0.669. The van der Waals surface area contributed by atoms with Gasteiger partial charge in [0.05, 0.1) is 5.56 Å². The first-order chi connectivity index (χ1) is 11.7. The van der Waals surface area contributed by atoms with Gasteiger partial charge in [0.2, 0.25) is 0 Å². The molecule has 3 heterocycles. The van der Waals surface area contributed by atoms with Crippen LogP contribution < -0.4 is 0 Å². The van der Waals surface area contributed by atoms with Crippen molar-refractivity contribution in [3.8, 4) is 0 Å². The Kier molecular flexibility index (Phi) is 4.88. The van der Waals surface area contributed by atoms with Crippen LogP contribution in [-0.2, 0) is 4.74 Å². The van der Waals surface area contributed by atoms with E-state index in [1.165, 1.54) is 19.4 Å². The molecule has 130 valence electrons. The minimum Gasteiger partial charge on any atom is -0.381 e. The molecule has 6 heteroatoms. The number of carbonyl (C=O) groups is 1. The van der Waals surface area contributed by atoms with E-state index in [-0.39, 0.29) is 5.91 Å². The second-order valence-electron chi connectivity index (χ2n) is 7.24. The van der Waals surface area contributed by atoms with Gasteiger partial charge in [-0.05, 0) is 53.6 Å². The van der Waals surface area contributed by atoms with E-state index in [2.05, 4.69) is 25.8 Å². The number of halogens is 1. The number of ether oxygens (including phenoxy) is 1. The number of nitrogens with zero attached hydrogens (tertiary/aromatic N) is 3. The predicted octanol–water partition coefficient (Wildman–Crippen LogP) is 2.56. The Morgan fingerprint density at radius 3 is 2.62 bits per heavy atom. The molecule has 1 saturated carbocycles. The molecule has 24 heavy (non-hydrogen) atoms. The van der Waals surface area contributed by atoms with Gasteiger partial charge < -0.3 is 9.64 Å². The second kappa shape index (κ2) is 7.10. The van der Waals surface area contributed by atoms with Crippen LogP contribution in [0.2, 0.25) is 0 Å². The molecule has 2 saturated heterocycles. The lowest BCUT2D eigenvalue weighted by Crippen LogP contribution is -2.64. The van der Waals surface area contributed by atoms with Gasteiger partial charge in [0.1, 0.15) is 0 Å². The number of likely N-dealkylation sites (tertiary alicyclic amines) is 1. The van der Waals surface area contributed by atoms with Crippen molar-refractivity contribution in [3.63, 3.8) is 0 Å². The fraction of sp³-hybridized carbons (Fsp3) is 0.667. The van der Waals surface area contributed by atoms with Gasteiger partial charge in [-0.3, -0.25) is 14.7 Å². The van der Waals surface area contributed by atoms with Gasteiger partial charge in [-0.2, -0.15) is 0 Å². The molecule has 1 aromatic rings. The Morgan fingerprint density at radius 2 is 1.96 bits per heavy atom. The van der Waals surface area contributed by atoms with Crippen molar-refractivity contribution in [1.82, 2.24) is 14.8 Å². The third-order valence-corrected chi connectivity index (χ3v) is 5.83. The maximum Gasteiger partial charge on any atom is 0.255 e. The van der Waals surface area contributed by atoms with Crippen LogP contribution >= 0.6 is 15.9 Å². The second-order valence-corrected chi connectivity index (χ2v) is 8.16. The molecule has 2 aliphatic heterocycles. The van der Waals surface area contributed by atoms with E-state index in [9.17, 15) is 4.79 Å². The van der Waals surface area contributed by atoms with Crippen molar-refractivity contribution in [2.75, 3.05) is 32.8 Å². The number of hydrogen-bond acceptors (Lipinski definition) is 4. The summed E-state index contributed by atoms with van der Waals surface area (Å²) in [6.07, 6.45) is 8.37. The molecule has 0 atom stereocenters. The first kappa shape index (κ1) is 16.5. The molecular formula is C18H24BrN3O2. The minimum atomic E-state index is 0.0957. The largest absolute Gasteiger partial charge is 0.381 e. The quantitative estimate of drug-likeness (QED) is 0.770. The van der Waals surface area contributed by atoms with Crippen molar-refractivity contribution >= 4 is 21.8 Å². The zero-order chi connectivity index (χ0) is 16.5. The lowest BCUT2D eigenvalue weighted by molar-refractivity contribution is -0.0267. The molecule has 0 spiro atoms. The van der Waals surface area contributed by atoms with Crippen LogP contribution in [0.4, 0.5) is 0 Å². The molecule has 4 rings (SSSR count). The van der Waals surface area contributed by atoms with E-state index in [4.69, 9.17) is 4.74 Å². The Labute approximate surface area is 151 Å². The van der Waals surface area contributed by atoms with Crippen molar-refractivity contribution in [2.45, 2.75) is 37.8 Å². The third kappa shape index (κ3) is 3.65. The van der Waals surface area contributed by atoms with Crippen LogP contribution in [0.5, 0.6) is 0 Å². The van der Waals surface area contributed by atoms with E-state index >= 15 is 0 Å². The lowest BCUT2D eigenvalue weighted by Gasteiger charge is -2.49. The minimum absolute atomic E-state index is 0.0957. The number of pyridine rings is 1. The summed E-state index contributed by atoms with van der Waals surface area (Å²) in [6, 6.07) is 3.00. The standard InChI is InChI=1S/C18H24BrN3O2/c19-15-7-14(8-20-9-15)18(23)21-11-17(12-21)22(10-13-1-2-13)16-3-5-24-6-4-16/h7-9,13,16-17H,1-6,10-12H2. The van der Waals surface area contributed by atoms with Gasteiger partial charge in [0, 0.05) is 61.8 Å². The van der Waals surface area contributed by atoms with E-state index in [0.29, 0.717) is 17.6 Å². The summed E-state index contributed by atoms with van der Waals surface area (Å²) in [6.45, 7) is 4.65. The zero-order valence-electron chi connectivity index (χ0n) is 13.9. The average Bonchev–Trinajstić information content (AvgIpc) is 3.37. The van der Waals surface area contributed by atoms with Gasteiger partial charge in [-0.1, -0.05) is 0 Å². The smallest absolute Gasteiger partial charge is 0.255 e. The number of rotatable bonds is 5. The average molecular weight is 394 g/mol. The first-order valence-corrected chi connectivity index (χ1v) is 9.73. The molecular weight excluding hydrogens is 370 g/mol. The van der Waals surface area contributed by atoms with Crippen molar-refractivity contribution < 1.29 is 9.53 Å². The Balaban J connectivity index is 1.37. The molecule has 1 amide bonds. The Hall–Kier alpha value is -0.980. The highest BCUT2D eigenvalue weighted by molar-refractivity contribution is 9.10. The molecule has 3 fully saturated rings. The molecule has 0 unspecified atom stereocenters. The monoisotopic (exact) mass is 393 g/mol. The van der Waals surface area contributed by atoms with Gasteiger partial charge in [-0.15, -0.1) is 0 Å². The lowest BCUT2D eigenvalue weighted by atomic mass is 9.98. The van der Waals surface area contributed by atoms with Gasteiger partial charge in [0.15, 0.2) is 0 Å². The predicted molar refractivity (Wildman–Crippen MR) is 94.9 cm³/mol. The maximum absolute atomic E-state index is 12.6.